The van der Waals surface area contributed by atoms with Gasteiger partial charge in [0.15, 0.2) is 11.5 Å². The van der Waals surface area contributed by atoms with Crippen LogP contribution in [0.5, 0.6) is 0 Å². The predicted molar refractivity (Wildman–Crippen MR) is 95.0 cm³/mol. The molecule has 0 aliphatic heterocycles. The largest absolute Gasteiger partial charge is 0.467 e. The zero-order valence-corrected chi connectivity index (χ0v) is 14.3. The highest BCUT2D eigenvalue weighted by molar-refractivity contribution is 5.90. The molecule has 7 nitrogen and oxygen atoms in total. The van der Waals surface area contributed by atoms with Crippen LogP contribution < -0.4 is 5.32 Å². The third-order valence-corrected chi connectivity index (χ3v) is 4.08. The van der Waals surface area contributed by atoms with Crippen molar-refractivity contribution in [1.82, 2.24) is 24.7 Å². The van der Waals surface area contributed by atoms with E-state index in [4.69, 9.17) is 9.40 Å². The summed E-state index contributed by atoms with van der Waals surface area (Å²) in [5, 5.41) is 8.81. The number of hydrogen-bond donors (Lipinski definition) is 1. The smallest absolute Gasteiger partial charge is 0.182 e. The number of nitrogens with zero attached hydrogens (tertiary/aromatic N) is 5. The van der Waals surface area contributed by atoms with Gasteiger partial charge in [0.2, 0.25) is 0 Å². The molecule has 0 fully saturated rings. The Kier molecular flexibility index (Phi) is 3.68. The van der Waals surface area contributed by atoms with Gasteiger partial charge in [0.05, 0.1) is 23.4 Å². The Morgan fingerprint density at radius 1 is 1.16 bits per heavy atom. The number of furan rings is 1. The van der Waals surface area contributed by atoms with Crippen LogP contribution in [0.15, 0.2) is 47.2 Å². The monoisotopic (exact) mass is 334 g/mol. The minimum absolute atomic E-state index is 0.0377. The van der Waals surface area contributed by atoms with Gasteiger partial charge in [0.1, 0.15) is 17.3 Å². The second kappa shape index (κ2) is 6.01. The lowest BCUT2D eigenvalue weighted by Gasteiger charge is -2.14. The van der Waals surface area contributed by atoms with Crippen LogP contribution >= 0.6 is 0 Å². The first kappa shape index (κ1) is 15.3. The average Bonchev–Trinajstić information content (AvgIpc) is 3.25. The lowest BCUT2D eigenvalue weighted by Crippen LogP contribution is -2.09. The molecule has 0 aliphatic rings. The Morgan fingerprint density at radius 2 is 2.04 bits per heavy atom. The first-order valence-corrected chi connectivity index (χ1v) is 8.06. The lowest BCUT2D eigenvalue weighted by atomic mass is 10.2. The molecule has 0 saturated heterocycles. The number of anilines is 1. The van der Waals surface area contributed by atoms with Crippen LogP contribution in [0, 0.1) is 6.92 Å². The molecular formula is C18H18N6O. The molecule has 126 valence electrons. The van der Waals surface area contributed by atoms with E-state index in [9.17, 15) is 0 Å². The molecular weight excluding hydrogens is 316 g/mol. The quantitative estimate of drug-likeness (QED) is 0.615. The number of aromatic nitrogens is 5. The van der Waals surface area contributed by atoms with Gasteiger partial charge in [-0.1, -0.05) is 6.07 Å². The molecule has 0 saturated carbocycles. The number of fused-ring (bicyclic) bond motifs is 1. The van der Waals surface area contributed by atoms with E-state index in [1.807, 2.05) is 51.2 Å². The molecule has 4 aromatic rings. The lowest BCUT2D eigenvalue weighted by molar-refractivity contribution is 0.490. The van der Waals surface area contributed by atoms with Crippen molar-refractivity contribution in [2.45, 2.75) is 19.9 Å². The van der Waals surface area contributed by atoms with E-state index < -0.39 is 0 Å². The van der Waals surface area contributed by atoms with Crippen LogP contribution in [0.2, 0.25) is 0 Å². The normalized spacial score (nSPS) is 12.4. The van der Waals surface area contributed by atoms with Crippen LogP contribution in [0.25, 0.3) is 22.6 Å². The van der Waals surface area contributed by atoms with Crippen LogP contribution in [-0.2, 0) is 7.05 Å². The second-order valence-corrected chi connectivity index (χ2v) is 5.90. The third kappa shape index (κ3) is 2.73. The molecule has 4 heterocycles. The second-order valence-electron chi connectivity index (χ2n) is 5.90. The van der Waals surface area contributed by atoms with Crippen molar-refractivity contribution < 1.29 is 4.42 Å². The summed E-state index contributed by atoms with van der Waals surface area (Å²) < 4.78 is 7.26. The van der Waals surface area contributed by atoms with E-state index in [1.165, 1.54) is 0 Å². The molecule has 0 unspecified atom stereocenters. The number of aryl methyl sites for hydroxylation is 2. The van der Waals surface area contributed by atoms with Gasteiger partial charge < -0.3 is 9.73 Å². The van der Waals surface area contributed by atoms with Crippen LogP contribution in [0.3, 0.4) is 0 Å². The summed E-state index contributed by atoms with van der Waals surface area (Å²) >= 11 is 0. The van der Waals surface area contributed by atoms with Crippen molar-refractivity contribution in [1.29, 1.82) is 0 Å². The summed E-state index contributed by atoms with van der Waals surface area (Å²) in [6.07, 6.45) is 3.40. The van der Waals surface area contributed by atoms with E-state index in [1.54, 1.807) is 17.1 Å². The van der Waals surface area contributed by atoms with Crippen molar-refractivity contribution in [2.75, 3.05) is 5.32 Å². The van der Waals surface area contributed by atoms with Crippen LogP contribution in [0.1, 0.15) is 24.4 Å². The van der Waals surface area contributed by atoms with Crippen molar-refractivity contribution in [3.63, 3.8) is 0 Å². The van der Waals surface area contributed by atoms with E-state index in [2.05, 4.69) is 20.4 Å². The maximum absolute atomic E-state index is 5.49. The number of pyridine rings is 1. The highest BCUT2D eigenvalue weighted by Gasteiger charge is 2.19. The molecule has 25 heavy (non-hydrogen) atoms. The molecule has 4 aromatic heterocycles. The number of nitrogens with one attached hydrogen (secondary N) is 1. The minimum Gasteiger partial charge on any atom is -0.467 e. The summed E-state index contributed by atoms with van der Waals surface area (Å²) in [5.74, 6) is 2.12. The topological polar surface area (TPSA) is 81.7 Å². The van der Waals surface area contributed by atoms with Gasteiger partial charge in [0.25, 0.3) is 0 Å². The van der Waals surface area contributed by atoms with Gasteiger partial charge in [-0.15, -0.1) is 0 Å². The van der Waals surface area contributed by atoms with E-state index in [0.717, 1.165) is 34.0 Å². The molecule has 7 heteroatoms. The first-order chi connectivity index (χ1) is 12.1. The van der Waals surface area contributed by atoms with Gasteiger partial charge in [-0.2, -0.15) is 5.10 Å². The van der Waals surface area contributed by atoms with Gasteiger partial charge in [0, 0.05) is 13.2 Å². The Balaban J connectivity index is 1.86. The van der Waals surface area contributed by atoms with Gasteiger partial charge >= 0.3 is 0 Å². The molecule has 1 N–H and O–H groups in total. The third-order valence-electron chi connectivity index (χ3n) is 4.08. The van der Waals surface area contributed by atoms with Crippen molar-refractivity contribution in [3.05, 3.63) is 54.2 Å². The molecule has 0 bridgehead atoms. The predicted octanol–water partition coefficient (Wildman–Crippen LogP) is 3.50. The Hall–Kier alpha value is -3.22. The zero-order valence-electron chi connectivity index (χ0n) is 14.3. The average molecular weight is 334 g/mol. The van der Waals surface area contributed by atoms with E-state index in [0.29, 0.717) is 5.82 Å². The zero-order chi connectivity index (χ0) is 17.4. The van der Waals surface area contributed by atoms with Crippen molar-refractivity contribution in [3.8, 4) is 11.5 Å². The fourth-order valence-electron chi connectivity index (χ4n) is 2.87. The van der Waals surface area contributed by atoms with Crippen molar-refractivity contribution >= 4 is 16.9 Å². The van der Waals surface area contributed by atoms with Gasteiger partial charge in [-0.05, 0) is 38.1 Å². The summed E-state index contributed by atoms with van der Waals surface area (Å²) in [6, 6.07) is 9.45. The maximum atomic E-state index is 5.49. The molecule has 0 aromatic carbocycles. The standard InChI is InChI=1S/C18H18N6O/c1-11(14-8-6-10-25-14)20-17-15-12(2)23-24(3)18(15)22-16(21-17)13-7-4-5-9-19-13/h4-11H,1-3H3,(H,20,21,22)/t11-/m0/s1. The van der Waals surface area contributed by atoms with E-state index >= 15 is 0 Å². The summed E-state index contributed by atoms with van der Waals surface area (Å²) in [6.45, 7) is 3.98. The fourth-order valence-corrected chi connectivity index (χ4v) is 2.87. The Bertz CT molecular complexity index is 1010. The van der Waals surface area contributed by atoms with Crippen LogP contribution in [0.4, 0.5) is 5.82 Å². The summed E-state index contributed by atoms with van der Waals surface area (Å²) in [4.78, 5) is 13.7. The Morgan fingerprint density at radius 3 is 2.76 bits per heavy atom. The SMILES string of the molecule is Cc1nn(C)c2nc(-c3ccccn3)nc(N[C@@H](C)c3ccco3)c12. The molecule has 0 aliphatic carbocycles. The summed E-state index contributed by atoms with van der Waals surface area (Å²) in [7, 11) is 1.88. The minimum atomic E-state index is -0.0377. The first-order valence-electron chi connectivity index (χ1n) is 8.06. The van der Waals surface area contributed by atoms with Crippen molar-refractivity contribution in [2.24, 2.45) is 7.05 Å². The number of hydrogen-bond acceptors (Lipinski definition) is 6. The molecule has 0 amide bonds. The molecule has 0 spiro atoms. The molecule has 4 rings (SSSR count). The van der Waals surface area contributed by atoms with E-state index in [-0.39, 0.29) is 6.04 Å². The molecule has 0 radical (unpaired) electrons. The molecule has 1 atom stereocenters. The number of rotatable bonds is 4. The van der Waals surface area contributed by atoms with Gasteiger partial charge in [-0.3, -0.25) is 9.67 Å². The van der Waals surface area contributed by atoms with Crippen LogP contribution in [-0.4, -0.2) is 24.7 Å². The Labute approximate surface area is 144 Å². The highest BCUT2D eigenvalue weighted by atomic mass is 16.3. The fraction of sp³-hybridized carbons (Fsp3) is 0.222. The van der Waals surface area contributed by atoms with Gasteiger partial charge in [-0.25, -0.2) is 9.97 Å². The maximum Gasteiger partial charge on any atom is 0.182 e. The summed E-state index contributed by atoms with van der Waals surface area (Å²) in [5.41, 5.74) is 2.36. The highest BCUT2D eigenvalue weighted by Crippen LogP contribution is 2.29.